The van der Waals surface area contributed by atoms with Crippen LogP contribution in [0.4, 0.5) is 5.82 Å². The number of aromatic nitrogens is 2. The minimum Gasteiger partial charge on any atom is -0.383 e. The van der Waals surface area contributed by atoms with Crippen molar-refractivity contribution in [1.29, 1.82) is 0 Å². The van der Waals surface area contributed by atoms with Crippen molar-refractivity contribution in [3.05, 3.63) is 24.2 Å². The van der Waals surface area contributed by atoms with E-state index in [9.17, 15) is 9.36 Å². The van der Waals surface area contributed by atoms with Gasteiger partial charge in [0, 0.05) is 6.54 Å². The number of hydrogen-bond acceptors (Lipinski definition) is 6. The van der Waals surface area contributed by atoms with Crippen LogP contribution in [0.3, 0.4) is 0 Å². The van der Waals surface area contributed by atoms with Crippen molar-refractivity contribution in [2.75, 3.05) is 25.1 Å². The predicted molar refractivity (Wildman–Crippen MR) is 80.0 cm³/mol. The number of carbonyl (C=O) groups excluding carboxylic acids is 1. The summed E-state index contributed by atoms with van der Waals surface area (Å²) in [6.45, 7) is 4.54. The van der Waals surface area contributed by atoms with Gasteiger partial charge in [0.05, 0.1) is 25.7 Å². The molecule has 9 heteroatoms. The molecule has 0 atom stereocenters. The molecular weight excluding hydrogens is 295 g/mol. The Bertz CT molecular complexity index is 545. The second kappa shape index (κ2) is 7.97. The zero-order valence-corrected chi connectivity index (χ0v) is 13.1. The molecule has 0 radical (unpaired) electrons. The monoisotopic (exact) mass is 316 g/mol. The maximum atomic E-state index is 12.2. The molecule has 0 aliphatic heterocycles. The molecule has 21 heavy (non-hydrogen) atoms. The Kier molecular flexibility index (Phi) is 6.61. The van der Waals surface area contributed by atoms with Crippen molar-refractivity contribution >= 4 is 19.3 Å². The lowest BCUT2D eigenvalue weighted by Gasteiger charge is -2.14. The van der Waals surface area contributed by atoms with Crippen molar-refractivity contribution in [3.63, 3.8) is 0 Å². The van der Waals surface area contributed by atoms with Crippen LogP contribution in [0.1, 0.15) is 24.3 Å². The van der Waals surface area contributed by atoms with Gasteiger partial charge in [-0.05, 0) is 13.8 Å². The maximum absolute atomic E-state index is 12.2. The lowest BCUT2D eigenvalue weighted by Crippen LogP contribution is -2.14. The number of anilines is 1. The summed E-state index contributed by atoms with van der Waals surface area (Å²) in [5, 5.41) is 0. The van der Waals surface area contributed by atoms with Gasteiger partial charge in [0.25, 0.3) is 5.91 Å². The van der Waals surface area contributed by atoms with Crippen molar-refractivity contribution in [3.8, 4) is 0 Å². The molecule has 0 aromatic carbocycles. The Labute approximate surface area is 123 Å². The third-order valence-electron chi connectivity index (χ3n) is 2.56. The molecule has 0 bridgehead atoms. The molecule has 1 aromatic heterocycles. The number of carbonyl (C=O) groups is 1. The Balaban J connectivity index is 2.62. The smallest absolute Gasteiger partial charge is 0.334 e. The van der Waals surface area contributed by atoms with Crippen LogP contribution >= 0.6 is 7.60 Å². The highest BCUT2D eigenvalue weighted by molar-refractivity contribution is 7.54. The number of allylic oxidation sites excluding steroid dienone is 2. The molecule has 0 saturated heterocycles. The molecule has 1 heterocycles. The van der Waals surface area contributed by atoms with E-state index in [2.05, 4.69) is 4.98 Å². The minimum absolute atomic E-state index is 0.0395. The lowest BCUT2D eigenvalue weighted by molar-refractivity contribution is 0.0997. The highest BCUT2D eigenvalue weighted by Crippen LogP contribution is 2.47. The molecule has 0 aliphatic carbocycles. The Hall–Kier alpha value is -1.63. The van der Waals surface area contributed by atoms with E-state index in [-0.39, 0.29) is 17.7 Å². The minimum atomic E-state index is -3.08. The van der Waals surface area contributed by atoms with E-state index in [4.69, 9.17) is 20.5 Å². The van der Waals surface area contributed by atoms with Crippen LogP contribution in [0, 0.1) is 0 Å². The quantitative estimate of drug-likeness (QED) is 0.524. The van der Waals surface area contributed by atoms with Crippen molar-refractivity contribution in [2.45, 2.75) is 20.4 Å². The molecule has 1 amide bonds. The SMILES string of the molecule is CCOP(=O)(CC=CCn1cnc(C(N)=O)c1N)OCC. The molecule has 0 aliphatic rings. The summed E-state index contributed by atoms with van der Waals surface area (Å²) in [5.41, 5.74) is 10.9. The average molecular weight is 316 g/mol. The number of nitrogen functional groups attached to an aromatic ring is 1. The van der Waals surface area contributed by atoms with Gasteiger partial charge >= 0.3 is 7.60 Å². The number of hydrogen-bond donors (Lipinski definition) is 2. The molecule has 1 aromatic rings. The Morgan fingerprint density at radius 3 is 2.48 bits per heavy atom. The number of nitrogens with zero attached hydrogens (tertiary/aromatic N) is 2. The van der Waals surface area contributed by atoms with Crippen LogP contribution in [-0.4, -0.2) is 34.8 Å². The van der Waals surface area contributed by atoms with Crippen molar-refractivity contribution in [1.82, 2.24) is 9.55 Å². The fourth-order valence-corrected chi connectivity index (χ4v) is 3.13. The van der Waals surface area contributed by atoms with E-state index in [0.717, 1.165) is 0 Å². The first-order valence-corrected chi connectivity index (χ1v) is 8.29. The van der Waals surface area contributed by atoms with Crippen LogP contribution in [0.2, 0.25) is 0 Å². The summed E-state index contributed by atoms with van der Waals surface area (Å²) in [7, 11) is -3.08. The van der Waals surface area contributed by atoms with Crippen LogP contribution in [0.5, 0.6) is 0 Å². The Morgan fingerprint density at radius 2 is 2.00 bits per heavy atom. The lowest BCUT2D eigenvalue weighted by atomic mass is 10.4. The summed E-state index contributed by atoms with van der Waals surface area (Å²) < 4.78 is 24.1. The average Bonchev–Trinajstić information content (AvgIpc) is 2.77. The van der Waals surface area contributed by atoms with Crippen LogP contribution in [-0.2, 0) is 20.2 Å². The molecule has 1 rings (SSSR count). The standard InChI is InChI=1S/C12H21N4O4P/c1-3-19-21(18,20-4-2)8-6-5-7-16-9-15-10(11(16)13)12(14)17/h5-6,9H,3-4,7-8,13H2,1-2H3,(H2,14,17). The highest BCUT2D eigenvalue weighted by atomic mass is 31.2. The van der Waals surface area contributed by atoms with E-state index in [1.165, 1.54) is 6.33 Å². The van der Waals surface area contributed by atoms with E-state index >= 15 is 0 Å². The van der Waals surface area contributed by atoms with Gasteiger partial charge in [0.1, 0.15) is 5.82 Å². The van der Waals surface area contributed by atoms with E-state index in [0.29, 0.717) is 19.8 Å². The van der Waals surface area contributed by atoms with Gasteiger partial charge in [-0.3, -0.25) is 9.36 Å². The normalized spacial score (nSPS) is 12.1. The molecule has 0 saturated carbocycles. The number of imidazole rings is 1. The van der Waals surface area contributed by atoms with Crippen molar-refractivity contribution < 1.29 is 18.4 Å². The summed E-state index contributed by atoms with van der Waals surface area (Å²) >= 11 is 0. The molecular formula is C12H21N4O4P. The first-order chi connectivity index (χ1) is 9.93. The first kappa shape index (κ1) is 17.4. The molecule has 0 unspecified atom stereocenters. The third kappa shape index (κ3) is 5.00. The fraction of sp³-hybridized carbons (Fsp3) is 0.500. The molecule has 118 valence electrons. The first-order valence-electron chi connectivity index (χ1n) is 6.57. The van der Waals surface area contributed by atoms with Gasteiger partial charge in [-0.1, -0.05) is 12.2 Å². The van der Waals surface area contributed by atoms with Gasteiger partial charge in [-0.15, -0.1) is 0 Å². The Morgan fingerprint density at radius 1 is 1.38 bits per heavy atom. The van der Waals surface area contributed by atoms with Crippen LogP contribution < -0.4 is 11.5 Å². The van der Waals surface area contributed by atoms with Crippen LogP contribution in [0.25, 0.3) is 0 Å². The zero-order valence-electron chi connectivity index (χ0n) is 12.2. The summed E-state index contributed by atoms with van der Waals surface area (Å²) in [5.74, 6) is -0.475. The largest absolute Gasteiger partial charge is 0.383 e. The second-order valence-electron chi connectivity index (χ2n) is 4.10. The number of amides is 1. The summed E-state index contributed by atoms with van der Waals surface area (Å²) in [4.78, 5) is 14.8. The van der Waals surface area contributed by atoms with Gasteiger partial charge in [0.15, 0.2) is 5.69 Å². The van der Waals surface area contributed by atoms with Gasteiger partial charge in [0.2, 0.25) is 0 Å². The fourth-order valence-electron chi connectivity index (χ4n) is 1.65. The van der Waals surface area contributed by atoms with Gasteiger partial charge < -0.3 is 25.1 Å². The summed E-state index contributed by atoms with van der Waals surface area (Å²) in [6.07, 6.45) is 5.03. The highest BCUT2D eigenvalue weighted by Gasteiger charge is 2.21. The van der Waals surface area contributed by atoms with E-state index in [1.807, 2.05) is 0 Å². The van der Waals surface area contributed by atoms with Gasteiger partial charge in [-0.25, -0.2) is 4.98 Å². The topological polar surface area (TPSA) is 122 Å². The molecule has 0 spiro atoms. The second-order valence-corrected chi connectivity index (χ2v) is 6.20. The van der Waals surface area contributed by atoms with Crippen LogP contribution in [0.15, 0.2) is 18.5 Å². The number of rotatable bonds is 9. The van der Waals surface area contributed by atoms with Crippen molar-refractivity contribution in [2.24, 2.45) is 5.73 Å². The van der Waals surface area contributed by atoms with E-state index in [1.54, 1.807) is 30.6 Å². The molecule has 8 nitrogen and oxygen atoms in total. The summed E-state index contributed by atoms with van der Waals surface area (Å²) in [6, 6.07) is 0. The predicted octanol–water partition coefficient (Wildman–Crippen LogP) is 1.39. The maximum Gasteiger partial charge on any atom is 0.334 e. The van der Waals surface area contributed by atoms with Gasteiger partial charge in [-0.2, -0.15) is 0 Å². The van der Waals surface area contributed by atoms with E-state index < -0.39 is 13.5 Å². The molecule has 4 N–H and O–H groups in total. The number of nitrogens with two attached hydrogens (primary N) is 2. The number of primary amides is 1. The molecule has 0 fully saturated rings. The zero-order chi connectivity index (χ0) is 15.9. The third-order valence-corrected chi connectivity index (χ3v) is 4.52.